The van der Waals surface area contributed by atoms with E-state index in [-0.39, 0.29) is 29.6 Å². The SMILES string of the molecule is CC(=O)[C@H]1CC[C@H]2[C@@H]3CCC4=CC(=O)C(C#CCO)CC4=C3CC[C@]12C. The van der Waals surface area contributed by atoms with E-state index in [1.165, 1.54) is 11.1 Å². The van der Waals surface area contributed by atoms with Crippen LogP contribution in [0.2, 0.25) is 0 Å². The van der Waals surface area contributed by atoms with Crippen LogP contribution in [0, 0.1) is 40.9 Å². The summed E-state index contributed by atoms with van der Waals surface area (Å²) in [5.41, 5.74) is 4.32. The van der Waals surface area contributed by atoms with Crippen LogP contribution >= 0.6 is 0 Å². The average Bonchev–Trinajstić information content (AvgIpc) is 2.97. The quantitative estimate of drug-likeness (QED) is 0.733. The molecule has 0 bridgehead atoms. The minimum absolute atomic E-state index is 0.0990. The van der Waals surface area contributed by atoms with E-state index in [4.69, 9.17) is 5.11 Å². The Hall–Kier alpha value is -1.66. The van der Waals surface area contributed by atoms with Crippen LogP contribution < -0.4 is 0 Å². The van der Waals surface area contributed by atoms with Gasteiger partial charge in [-0.3, -0.25) is 9.59 Å². The maximum absolute atomic E-state index is 12.3. The van der Waals surface area contributed by atoms with E-state index < -0.39 is 0 Å². The summed E-state index contributed by atoms with van der Waals surface area (Å²) in [6, 6.07) is 0. The number of allylic oxidation sites excluding steroid dienone is 4. The normalized spacial score (nSPS) is 38.6. The van der Waals surface area contributed by atoms with Crippen molar-refractivity contribution in [1.29, 1.82) is 0 Å². The van der Waals surface area contributed by atoms with E-state index in [0.717, 1.165) is 38.5 Å². The van der Waals surface area contributed by atoms with Gasteiger partial charge in [0.05, 0.1) is 5.92 Å². The molecule has 138 valence electrons. The fourth-order valence-corrected chi connectivity index (χ4v) is 6.49. The van der Waals surface area contributed by atoms with Gasteiger partial charge in [-0.05, 0) is 86.3 Å². The lowest BCUT2D eigenvalue weighted by Gasteiger charge is -2.49. The zero-order valence-corrected chi connectivity index (χ0v) is 15.8. The first-order valence-corrected chi connectivity index (χ1v) is 10.0. The molecule has 1 unspecified atom stereocenters. The number of Topliss-reactive ketones (excluding diaryl/α,β-unsaturated/α-hetero) is 1. The third kappa shape index (κ3) is 2.62. The van der Waals surface area contributed by atoms with Crippen LogP contribution in [0.4, 0.5) is 0 Å². The number of carbonyl (C=O) groups excluding carboxylic acids is 2. The standard InChI is InChI=1S/C23H28O3/c1-14(25)20-7-8-21-18-6-5-15-13-22(26)16(4-3-11-24)12-19(15)17(18)9-10-23(20,21)2/h13,16,18,20-21,24H,5-12H2,1-2H3/t16?,18-,20-,21+,23-/m1/s1. The highest BCUT2D eigenvalue weighted by molar-refractivity contribution is 5.97. The first-order valence-electron chi connectivity index (χ1n) is 10.0. The molecule has 2 saturated carbocycles. The van der Waals surface area contributed by atoms with Gasteiger partial charge in [-0.15, -0.1) is 0 Å². The van der Waals surface area contributed by atoms with Crippen molar-refractivity contribution >= 4 is 11.6 Å². The molecule has 3 nitrogen and oxygen atoms in total. The van der Waals surface area contributed by atoms with E-state index in [1.807, 2.05) is 6.08 Å². The van der Waals surface area contributed by atoms with Crippen LogP contribution in [0.3, 0.4) is 0 Å². The molecule has 1 N–H and O–H groups in total. The van der Waals surface area contributed by atoms with Gasteiger partial charge in [-0.1, -0.05) is 24.3 Å². The molecule has 0 aromatic rings. The van der Waals surface area contributed by atoms with Gasteiger partial charge in [0.25, 0.3) is 0 Å². The molecule has 0 aromatic carbocycles. The molecule has 5 atom stereocenters. The average molecular weight is 352 g/mol. The Morgan fingerprint density at radius 1 is 1.31 bits per heavy atom. The number of carbonyl (C=O) groups is 2. The van der Waals surface area contributed by atoms with E-state index in [2.05, 4.69) is 18.8 Å². The van der Waals surface area contributed by atoms with Crippen molar-refractivity contribution in [2.75, 3.05) is 6.61 Å². The van der Waals surface area contributed by atoms with Crippen molar-refractivity contribution in [3.8, 4) is 11.8 Å². The van der Waals surface area contributed by atoms with Crippen molar-refractivity contribution in [3.63, 3.8) is 0 Å². The van der Waals surface area contributed by atoms with Gasteiger partial charge in [0.15, 0.2) is 5.78 Å². The number of rotatable bonds is 1. The largest absolute Gasteiger partial charge is 0.384 e. The zero-order valence-electron chi connectivity index (χ0n) is 15.8. The molecule has 0 amide bonds. The second-order valence-corrected chi connectivity index (χ2v) is 8.81. The lowest BCUT2D eigenvalue weighted by Crippen LogP contribution is -2.42. The molecular weight excluding hydrogens is 324 g/mol. The highest BCUT2D eigenvalue weighted by atomic mass is 16.2. The fraction of sp³-hybridized carbons (Fsp3) is 0.652. The highest BCUT2D eigenvalue weighted by Crippen LogP contribution is 2.62. The van der Waals surface area contributed by atoms with E-state index in [9.17, 15) is 9.59 Å². The monoisotopic (exact) mass is 352 g/mol. The molecular formula is C23H28O3. The predicted molar refractivity (Wildman–Crippen MR) is 100 cm³/mol. The number of hydrogen-bond acceptors (Lipinski definition) is 3. The van der Waals surface area contributed by atoms with Crippen molar-refractivity contribution in [2.24, 2.45) is 29.1 Å². The summed E-state index contributed by atoms with van der Waals surface area (Å²) in [5, 5.41) is 8.96. The van der Waals surface area contributed by atoms with Crippen LogP contribution in [0.15, 0.2) is 22.8 Å². The van der Waals surface area contributed by atoms with Gasteiger partial charge in [0.1, 0.15) is 12.4 Å². The molecule has 0 saturated heterocycles. The van der Waals surface area contributed by atoms with E-state index in [1.54, 1.807) is 12.5 Å². The third-order valence-electron chi connectivity index (χ3n) is 7.69. The van der Waals surface area contributed by atoms with Gasteiger partial charge in [-0.2, -0.15) is 0 Å². The molecule has 4 aliphatic carbocycles. The summed E-state index contributed by atoms with van der Waals surface area (Å²) < 4.78 is 0. The van der Waals surface area contributed by atoms with Crippen LogP contribution in [-0.4, -0.2) is 23.3 Å². The molecule has 0 heterocycles. The predicted octanol–water partition coefficient (Wildman–Crippen LogP) is 3.62. The van der Waals surface area contributed by atoms with Crippen LogP contribution in [0.1, 0.15) is 58.8 Å². The smallest absolute Gasteiger partial charge is 0.171 e. The van der Waals surface area contributed by atoms with Crippen LogP contribution in [0.25, 0.3) is 0 Å². The maximum atomic E-state index is 12.3. The first kappa shape index (κ1) is 17.7. The lowest BCUT2D eigenvalue weighted by atomic mass is 9.55. The minimum atomic E-state index is -0.297. The molecule has 4 rings (SSSR count). The second-order valence-electron chi connectivity index (χ2n) is 8.81. The summed E-state index contributed by atoms with van der Waals surface area (Å²) in [5.74, 6) is 7.20. The zero-order chi connectivity index (χ0) is 18.5. The van der Waals surface area contributed by atoms with Crippen LogP contribution in [-0.2, 0) is 9.59 Å². The van der Waals surface area contributed by atoms with Crippen molar-refractivity contribution in [1.82, 2.24) is 0 Å². The number of hydrogen-bond donors (Lipinski definition) is 1. The summed E-state index contributed by atoms with van der Waals surface area (Å²) >= 11 is 0. The molecule has 0 aromatic heterocycles. The van der Waals surface area contributed by atoms with Crippen molar-refractivity contribution in [3.05, 3.63) is 22.8 Å². The fourth-order valence-electron chi connectivity index (χ4n) is 6.49. The number of aliphatic hydroxyl groups is 1. The first-order chi connectivity index (χ1) is 12.5. The summed E-state index contributed by atoms with van der Waals surface area (Å²) in [6.45, 7) is 3.93. The van der Waals surface area contributed by atoms with Gasteiger partial charge >= 0.3 is 0 Å². The Balaban J connectivity index is 1.69. The van der Waals surface area contributed by atoms with E-state index in [0.29, 0.717) is 24.0 Å². The molecule has 0 radical (unpaired) electrons. The Bertz CT molecular complexity index is 775. The minimum Gasteiger partial charge on any atom is -0.384 e. The Morgan fingerprint density at radius 3 is 2.85 bits per heavy atom. The third-order valence-corrected chi connectivity index (χ3v) is 7.69. The number of ketones is 2. The maximum Gasteiger partial charge on any atom is 0.171 e. The molecule has 2 fully saturated rings. The van der Waals surface area contributed by atoms with Crippen molar-refractivity contribution < 1.29 is 14.7 Å². The topological polar surface area (TPSA) is 54.4 Å². The lowest BCUT2D eigenvalue weighted by molar-refractivity contribution is -0.125. The Kier molecular flexibility index (Phi) is 4.43. The van der Waals surface area contributed by atoms with Crippen molar-refractivity contribution in [2.45, 2.75) is 58.8 Å². The van der Waals surface area contributed by atoms with Gasteiger partial charge in [0, 0.05) is 5.92 Å². The van der Waals surface area contributed by atoms with Gasteiger partial charge in [0.2, 0.25) is 0 Å². The van der Waals surface area contributed by atoms with Gasteiger partial charge < -0.3 is 5.11 Å². The van der Waals surface area contributed by atoms with E-state index >= 15 is 0 Å². The highest BCUT2D eigenvalue weighted by Gasteiger charge is 2.54. The Morgan fingerprint density at radius 2 is 2.12 bits per heavy atom. The molecule has 26 heavy (non-hydrogen) atoms. The number of fused-ring (bicyclic) bond motifs is 4. The van der Waals surface area contributed by atoms with Crippen LogP contribution in [0.5, 0.6) is 0 Å². The molecule has 3 heteroatoms. The summed E-state index contributed by atoms with van der Waals surface area (Å²) in [7, 11) is 0. The molecule has 0 aliphatic heterocycles. The molecule has 0 spiro atoms. The summed E-state index contributed by atoms with van der Waals surface area (Å²) in [6.07, 6.45) is 8.98. The molecule has 4 aliphatic rings. The van der Waals surface area contributed by atoms with Gasteiger partial charge in [-0.25, -0.2) is 0 Å². The second kappa shape index (κ2) is 6.50. The summed E-state index contributed by atoms with van der Waals surface area (Å²) in [4.78, 5) is 24.5. The number of aliphatic hydroxyl groups excluding tert-OH is 1. The Labute approximate surface area is 155 Å².